The summed E-state index contributed by atoms with van der Waals surface area (Å²) in [6.07, 6.45) is 2.91. The largest absolute Gasteiger partial charge is 0.497 e. The van der Waals surface area contributed by atoms with Crippen LogP contribution in [-0.4, -0.2) is 46.0 Å². The minimum atomic E-state index is -0.0417. The number of fused-ring (bicyclic) bond motifs is 1. The second kappa shape index (κ2) is 9.02. The number of benzene rings is 1. The van der Waals surface area contributed by atoms with Crippen molar-refractivity contribution in [2.24, 2.45) is 0 Å². The van der Waals surface area contributed by atoms with Crippen molar-refractivity contribution in [1.29, 1.82) is 0 Å². The highest BCUT2D eigenvalue weighted by Crippen LogP contribution is 2.30. The number of aromatic nitrogens is 3. The van der Waals surface area contributed by atoms with Gasteiger partial charge in [-0.15, -0.1) is 0 Å². The molecule has 0 N–H and O–H groups in total. The van der Waals surface area contributed by atoms with E-state index in [9.17, 15) is 4.79 Å². The van der Waals surface area contributed by atoms with E-state index in [1.165, 1.54) is 6.20 Å². The Kier molecular flexibility index (Phi) is 6.18. The zero-order valence-corrected chi connectivity index (χ0v) is 18.7. The molecule has 3 aromatic rings. The number of pyridine rings is 1. The van der Waals surface area contributed by atoms with Crippen LogP contribution in [0.2, 0.25) is 5.15 Å². The number of rotatable bonds is 4. The minimum Gasteiger partial charge on any atom is -0.497 e. The standard InChI is InChI=1S/C24H25ClN4O2/c1-15(2)23-27-20-11-13-29(24(30)17-6-9-21(25)26-14-17)12-10-19(20)22(28-23)16-4-7-18(31-3)8-5-16/h4-9,14-15H,10-13H2,1-3H3. The fourth-order valence-corrected chi connectivity index (χ4v) is 3.86. The van der Waals surface area contributed by atoms with Crippen molar-refractivity contribution >= 4 is 17.5 Å². The SMILES string of the molecule is COc1ccc(-c2nc(C(C)C)nc3c2CCN(C(=O)c2ccc(Cl)nc2)CC3)cc1. The van der Waals surface area contributed by atoms with Gasteiger partial charge in [0, 0.05) is 48.4 Å². The number of hydrogen-bond acceptors (Lipinski definition) is 5. The molecule has 0 spiro atoms. The Balaban J connectivity index is 1.67. The van der Waals surface area contributed by atoms with E-state index in [0.29, 0.717) is 36.6 Å². The van der Waals surface area contributed by atoms with Crippen LogP contribution >= 0.6 is 11.6 Å². The van der Waals surface area contributed by atoms with Gasteiger partial charge in [0.05, 0.1) is 18.4 Å². The van der Waals surface area contributed by atoms with Gasteiger partial charge in [-0.1, -0.05) is 25.4 Å². The van der Waals surface area contributed by atoms with Gasteiger partial charge < -0.3 is 9.64 Å². The lowest BCUT2D eigenvalue weighted by molar-refractivity contribution is 0.0762. The highest BCUT2D eigenvalue weighted by molar-refractivity contribution is 6.29. The number of carbonyl (C=O) groups excluding carboxylic acids is 1. The molecule has 160 valence electrons. The molecular formula is C24H25ClN4O2. The number of nitrogens with zero attached hydrogens (tertiary/aromatic N) is 4. The van der Waals surface area contributed by atoms with Crippen LogP contribution in [0.1, 0.15) is 47.2 Å². The molecule has 6 nitrogen and oxygen atoms in total. The van der Waals surface area contributed by atoms with Gasteiger partial charge in [0.2, 0.25) is 0 Å². The van der Waals surface area contributed by atoms with Crippen LogP contribution in [0.15, 0.2) is 42.6 Å². The lowest BCUT2D eigenvalue weighted by atomic mass is 10.00. The van der Waals surface area contributed by atoms with Gasteiger partial charge in [-0.05, 0) is 42.8 Å². The quantitative estimate of drug-likeness (QED) is 0.560. The molecule has 1 aliphatic rings. The summed E-state index contributed by atoms with van der Waals surface area (Å²) in [7, 11) is 1.66. The Morgan fingerprint density at radius 1 is 1.06 bits per heavy atom. The van der Waals surface area contributed by atoms with Gasteiger partial charge in [-0.2, -0.15) is 0 Å². The number of ether oxygens (including phenoxy) is 1. The van der Waals surface area contributed by atoms with Gasteiger partial charge in [-0.25, -0.2) is 15.0 Å². The minimum absolute atomic E-state index is 0.0417. The summed E-state index contributed by atoms with van der Waals surface area (Å²) < 4.78 is 5.30. The molecule has 3 heterocycles. The Morgan fingerprint density at radius 3 is 2.45 bits per heavy atom. The topological polar surface area (TPSA) is 68.2 Å². The molecule has 7 heteroatoms. The highest BCUT2D eigenvalue weighted by Gasteiger charge is 2.24. The third-order valence-electron chi connectivity index (χ3n) is 5.50. The van der Waals surface area contributed by atoms with Crippen molar-refractivity contribution < 1.29 is 9.53 Å². The van der Waals surface area contributed by atoms with Crippen LogP contribution in [0.3, 0.4) is 0 Å². The molecule has 0 saturated heterocycles. The Bertz CT molecular complexity index is 1080. The monoisotopic (exact) mass is 436 g/mol. The highest BCUT2D eigenvalue weighted by atomic mass is 35.5. The summed E-state index contributed by atoms with van der Waals surface area (Å²) >= 11 is 5.87. The van der Waals surface area contributed by atoms with Crippen LogP contribution in [-0.2, 0) is 12.8 Å². The van der Waals surface area contributed by atoms with Crippen molar-refractivity contribution in [2.75, 3.05) is 20.2 Å². The summed E-state index contributed by atoms with van der Waals surface area (Å²) in [6.45, 7) is 5.40. The average Bonchev–Trinajstić information content (AvgIpc) is 3.01. The molecule has 0 fully saturated rings. The van der Waals surface area contributed by atoms with Crippen molar-refractivity contribution in [3.8, 4) is 17.0 Å². The number of hydrogen-bond donors (Lipinski definition) is 0. The molecule has 0 aliphatic carbocycles. The molecule has 1 amide bonds. The molecule has 0 atom stereocenters. The van der Waals surface area contributed by atoms with Crippen LogP contribution in [0.4, 0.5) is 0 Å². The van der Waals surface area contributed by atoms with Crippen molar-refractivity contribution in [2.45, 2.75) is 32.6 Å². The van der Waals surface area contributed by atoms with Crippen molar-refractivity contribution in [1.82, 2.24) is 19.9 Å². The third kappa shape index (κ3) is 4.54. The molecule has 0 radical (unpaired) electrons. The number of halogens is 1. The lowest BCUT2D eigenvalue weighted by Gasteiger charge is -2.20. The van der Waals surface area contributed by atoms with E-state index in [4.69, 9.17) is 26.3 Å². The first-order valence-corrected chi connectivity index (χ1v) is 10.8. The van der Waals surface area contributed by atoms with Gasteiger partial charge in [0.15, 0.2) is 0 Å². The van der Waals surface area contributed by atoms with Gasteiger partial charge in [0.25, 0.3) is 5.91 Å². The lowest BCUT2D eigenvalue weighted by Crippen LogP contribution is -2.33. The molecule has 4 rings (SSSR count). The Morgan fingerprint density at radius 2 is 1.81 bits per heavy atom. The van der Waals surface area contributed by atoms with E-state index in [2.05, 4.69) is 18.8 Å². The van der Waals surface area contributed by atoms with Crippen molar-refractivity contribution in [3.05, 3.63) is 70.4 Å². The molecular weight excluding hydrogens is 412 g/mol. The van der Waals surface area contributed by atoms with E-state index < -0.39 is 0 Å². The maximum atomic E-state index is 13.0. The third-order valence-corrected chi connectivity index (χ3v) is 5.73. The normalized spacial score (nSPS) is 13.6. The molecule has 0 bridgehead atoms. The summed E-state index contributed by atoms with van der Waals surface area (Å²) in [4.78, 5) is 28.7. The van der Waals surface area contributed by atoms with Crippen LogP contribution in [0.25, 0.3) is 11.3 Å². The molecule has 0 saturated carbocycles. The zero-order chi connectivity index (χ0) is 22.0. The first-order valence-electron chi connectivity index (χ1n) is 10.4. The van der Waals surface area contributed by atoms with Crippen LogP contribution < -0.4 is 4.74 Å². The molecule has 1 aliphatic heterocycles. The first kappa shape index (κ1) is 21.2. The summed E-state index contributed by atoms with van der Waals surface area (Å²) in [5.41, 5.74) is 4.65. The van der Waals surface area contributed by atoms with Crippen LogP contribution in [0.5, 0.6) is 5.75 Å². The van der Waals surface area contributed by atoms with Gasteiger partial charge in [-0.3, -0.25) is 4.79 Å². The van der Waals surface area contributed by atoms with Gasteiger partial charge in [0.1, 0.15) is 16.7 Å². The zero-order valence-electron chi connectivity index (χ0n) is 17.9. The number of carbonyl (C=O) groups is 1. The molecule has 2 aromatic heterocycles. The Hall–Kier alpha value is -2.99. The van der Waals surface area contributed by atoms with Gasteiger partial charge >= 0.3 is 0 Å². The van der Waals surface area contributed by atoms with E-state index in [0.717, 1.165) is 34.1 Å². The smallest absolute Gasteiger partial charge is 0.255 e. The maximum Gasteiger partial charge on any atom is 0.255 e. The van der Waals surface area contributed by atoms with E-state index in [-0.39, 0.29) is 11.8 Å². The summed E-state index contributed by atoms with van der Waals surface area (Å²) in [5, 5.41) is 0.375. The van der Waals surface area contributed by atoms with E-state index >= 15 is 0 Å². The Labute approximate surface area is 187 Å². The van der Waals surface area contributed by atoms with E-state index in [1.807, 2.05) is 29.2 Å². The fourth-order valence-electron chi connectivity index (χ4n) is 3.75. The summed E-state index contributed by atoms with van der Waals surface area (Å²) in [5.74, 6) is 1.80. The maximum absolute atomic E-state index is 13.0. The second-order valence-corrected chi connectivity index (χ2v) is 8.29. The predicted molar refractivity (Wildman–Crippen MR) is 121 cm³/mol. The molecule has 0 unspecified atom stereocenters. The molecule has 1 aromatic carbocycles. The fraction of sp³-hybridized carbons (Fsp3) is 0.333. The average molecular weight is 437 g/mol. The second-order valence-electron chi connectivity index (χ2n) is 7.90. The predicted octanol–water partition coefficient (Wildman–Crippen LogP) is 4.57. The number of methoxy groups -OCH3 is 1. The molecule has 31 heavy (non-hydrogen) atoms. The summed E-state index contributed by atoms with van der Waals surface area (Å²) in [6, 6.07) is 11.3. The first-order chi connectivity index (χ1) is 15.0. The van der Waals surface area contributed by atoms with Crippen molar-refractivity contribution in [3.63, 3.8) is 0 Å². The van der Waals surface area contributed by atoms with Crippen LogP contribution in [0, 0.1) is 0 Å². The van der Waals surface area contributed by atoms with E-state index in [1.54, 1.807) is 19.2 Å². The number of amides is 1.